The second kappa shape index (κ2) is 5.25. The van der Waals surface area contributed by atoms with Crippen molar-refractivity contribution in [1.29, 1.82) is 0 Å². The van der Waals surface area contributed by atoms with Crippen LogP contribution in [0.4, 0.5) is 8.78 Å². The van der Waals surface area contributed by atoms with Crippen molar-refractivity contribution in [2.75, 3.05) is 0 Å². The molecule has 90 valence electrons. The number of benzene rings is 1. The summed E-state index contributed by atoms with van der Waals surface area (Å²) in [6.45, 7) is 0. The van der Waals surface area contributed by atoms with Crippen molar-refractivity contribution in [1.82, 2.24) is 0 Å². The maximum atomic E-state index is 13.6. The third-order valence-electron chi connectivity index (χ3n) is 2.45. The first-order chi connectivity index (χ1) is 8.08. The van der Waals surface area contributed by atoms with E-state index in [2.05, 4.69) is 15.9 Å². The fourth-order valence-electron chi connectivity index (χ4n) is 1.67. The number of nitrogens with two attached hydrogens (primary N) is 1. The average Bonchev–Trinajstić information content (AvgIpc) is 2.68. The van der Waals surface area contributed by atoms with Gasteiger partial charge in [0.2, 0.25) is 0 Å². The first-order valence-corrected chi connectivity index (χ1v) is 6.72. The van der Waals surface area contributed by atoms with Crippen molar-refractivity contribution in [2.45, 2.75) is 12.5 Å². The Balaban J connectivity index is 2.27. The lowest BCUT2D eigenvalue weighted by atomic mass is 10.0. The molecule has 0 aliphatic heterocycles. The lowest BCUT2D eigenvalue weighted by Gasteiger charge is -2.13. The molecule has 0 saturated carbocycles. The fourth-order valence-corrected chi connectivity index (χ4v) is 2.76. The molecule has 0 bridgehead atoms. The van der Waals surface area contributed by atoms with Crippen molar-refractivity contribution in [3.05, 3.63) is 56.2 Å². The molecule has 1 heterocycles. The van der Waals surface area contributed by atoms with Crippen molar-refractivity contribution in [2.24, 2.45) is 5.73 Å². The monoisotopic (exact) mass is 317 g/mol. The molecule has 1 aromatic heterocycles. The lowest BCUT2D eigenvalue weighted by Crippen LogP contribution is -2.16. The highest BCUT2D eigenvalue weighted by atomic mass is 79.9. The largest absolute Gasteiger partial charge is 0.323 e. The van der Waals surface area contributed by atoms with E-state index in [1.165, 1.54) is 23.5 Å². The van der Waals surface area contributed by atoms with Crippen LogP contribution in [-0.2, 0) is 6.42 Å². The second-order valence-corrected chi connectivity index (χ2v) is 5.42. The van der Waals surface area contributed by atoms with E-state index in [0.29, 0.717) is 10.9 Å². The summed E-state index contributed by atoms with van der Waals surface area (Å²) in [5.41, 5.74) is 6.78. The summed E-state index contributed by atoms with van der Waals surface area (Å²) in [4.78, 5) is 0. The van der Waals surface area contributed by atoms with Gasteiger partial charge < -0.3 is 5.73 Å². The first-order valence-electron chi connectivity index (χ1n) is 4.99. The van der Waals surface area contributed by atoms with Crippen LogP contribution in [-0.4, -0.2) is 0 Å². The minimum absolute atomic E-state index is 0.0561. The van der Waals surface area contributed by atoms with Crippen LogP contribution >= 0.6 is 27.3 Å². The highest BCUT2D eigenvalue weighted by molar-refractivity contribution is 9.10. The van der Waals surface area contributed by atoms with Crippen LogP contribution in [0.1, 0.15) is 17.2 Å². The summed E-state index contributed by atoms with van der Waals surface area (Å²) in [6, 6.07) is 3.69. The maximum Gasteiger partial charge on any atom is 0.132 e. The molecule has 5 heteroatoms. The van der Waals surface area contributed by atoms with E-state index >= 15 is 0 Å². The van der Waals surface area contributed by atoms with Crippen LogP contribution in [0.5, 0.6) is 0 Å². The Bertz CT molecular complexity index is 490. The number of hydrogen-bond donors (Lipinski definition) is 1. The third-order valence-corrected chi connectivity index (χ3v) is 3.64. The highest BCUT2D eigenvalue weighted by Gasteiger charge is 2.18. The van der Waals surface area contributed by atoms with Crippen LogP contribution in [0.15, 0.2) is 33.4 Å². The van der Waals surface area contributed by atoms with E-state index in [-0.39, 0.29) is 5.56 Å². The molecule has 2 N–H and O–H groups in total. The Morgan fingerprint density at radius 3 is 2.47 bits per heavy atom. The zero-order valence-corrected chi connectivity index (χ0v) is 11.2. The van der Waals surface area contributed by atoms with Gasteiger partial charge >= 0.3 is 0 Å². The van der Waals surface area contributed by atoms with Crippen molar-refractivity contribution in [3.8, 4) is 0 Å². The molecule has 0 saturated heterocycles. The van der Waals surface area contributed by atoms with Gasteiger partial charge in [0, 0.05) is 16.1 Å². The molecule has 0 aliphatic carbocycles. The van der Waals surface area contributed by atoms with E-state index in [9.17, 15) is 8.78 Å². The Labute approximate surface area is 110 Å². The van der Waals surface area contributed by atoms with E-state index in [1.54, 1.807) is 0 Å². The molecular formula is C12H10BrF2NS. The van der Waals surface area contributed by atoms with Crippen LogP contribution < -0.4 is 5.73 Å². The van der Waals surface area contributed by atoms with Crippen LogP contribution in [0.3, 0.4) is 0 Å². The van der Waals surface area contributed by atoms with Gasteiger partial charge in [0.15, 0.2) is 0 Å². The van der Waals surface area contributed by atoms with Gasteiger partial charge in [-0.25, -0.2) is 8.78 Å². The minimum atomic E-state index is -0.669. The molecule has 1 unspecified atom stereocenters. The smallest absolute Gasteiger partial charge is 0.132 e. The van der Waals surface area contributed by atoms with Gasteiger partial charge in [0.25, 0.3) is 0 Å². The maximum absolute atomic E-state index is 13.6. The minimum Gasteiger partial charge on any atom is -0.323 e. The average molecular weight is 318 g/mol. The van der Waals surface area contributed by atoms with Crippen LogP contribution in [0, 0.1) is 11.6 Å². The summed E-state index contributed by atoms with van der Waals surface area (Å²) in [7, 11) is 0. The van der Waals surface area contributed by atoms with E-state index in [0.717, 1.165) is 5.56 Å². The van der Waals surface area contributed by atoms with E-state index in [4.69, 9.17) is 5.73 Å². The van der Waals surface area contributed by atoms with Crippen LogP contribution in [0.2, 0.25) is 0 Å². The molecule has 1 atom stereocenters. The second-order valence-electron chi connectivity index (χ2n) is 3.73. The summed E-state index contributed by atoms with van der Waals surface area (Å²) >= 11 is 4.57. The quantitative estimate of drug-likeness (QED) is 0.908. The SMILES string of the molecule is NC(Cc1ccsc1)c1c(F)cc(Br)cc1F. The number of halogens is 3. The topological polar surface area (TPSA) is 26.0 Å². The molecule has 0 fully saturated rings. The molecule has 0 radical (unpaired) electrons. The molecule has 1 aromatic carbocycles. The molecule has 17 heavy (non-hydrogen) atoms. The van der Waals surface area contributed by atoms with Crippen LogP contribution in [0.25, 0.3) is 0 Å². The van der Waals surface area contributed by atoms with Gasteiger partial charge in [0.05, 0.1) is 0 Å². The predicted octanol–water partition coefficient (Wildman–Crippen LogP) is 4.03. The van der Waals surface area contributed by atoms with Crippen molar-refractivity contribution >= 4 is 27.3 Å². The Morgan fingerprint density at radius 1 is 1.29 bits per heavy atom. The number of thiophene rings is 1. The number of rotatable bonds is 3. The molecule has 0 amide bonds. The Kier molecular flexibility index (Phi) is 3.91. The lowest BCUT2D eigenvalue weighted by molar-refractivity contribution is 0.523. The van der Waals surface area contributed by atoms with Gasteiger partial charge in [-0.3, -0.25) is 0 Å². The van der Waals surface area contributed by atoms with E-state index in [1.807, 2.05) is 16.8 Å². The van der Waals surface area contributed by atoms with Crippen molar-refractivity contribution < 1.29 is 8.78 Å². The normalized spacial score (nSPS) is 12.7. The summed E-state index contributed by atoms with van der Waals surface area (Å²) in [5, 5.41) is 3.84. The summed E-state index contributed by atoms with van der Waals surface area (Å²) in [5.74, 6) is -1.22. The van der Waals surface area contributed by atoms with E-state index < -0.39 is 17.7 Å². The highest BCUT2D eigenvalue weighted by Crippen LogP contribution is 2.26. The molecule has 1 nitrogen and oxygen atoms in total. The van der Waals surface area contributed by atoms with Gasteiger partial charge in [0.1, 0.15) is 11.6 Å². The third kappa shape index (κ3) is 2.91. The Hall–Kier alpha value is -0.780. The van der Waals surface area contributed by atoms with Gasteiger partial charge in [-0.15, -0.1) is 0 Å². The first kappa shape index (κ1) is 12.7. The van der Waals surface area contributed by atoms with Gasteiger partial charge in [-0.2, -0.15) is 11.3 Å². The zero-order valence-electron chi connectivity index (χ0n) is 8.79. The molecule has 0 spiro atoms. The molecule has 0 aliphatic rings. The zero-order chi connectivity index (χ0) is 12.4. The number of hydrogen-bond acceptors (Lipinski definition) is 2. The standard InChI is InChI=1S/C12H10BrF2NS/c13-8-4-9(14)12(10(15)5-8)11(16)3-7-1-2-17-6-7/h1-2,4-6,11H,3,16H2. The molecule has 2 rings (SSSR count). The summed E-state index contributed by atoms with van der Waals surface area (Å²) < 4.78 is 27.7. The van der Waals surface area contributed by atoms with Gasteiger partial charge in [-0.1, -0.05) is 15.9 Å². The molecule has 2 aromatic rings. The van der Waals surface area contributed by atoms with Gasteiger partial charge in [-0.05, 0) is 40.9 Å². The Morgan fingerprint density at radius 2 is 1.94 bits per heavy atom. The fraction of sp³-hybridized carbons (Fsp3) is 0.167. The predicted molar refractivity (Wildman–Crippen MR) is 69.0 cm³/mol. The molecular weight excluding hydrogens is 308 g/mol. The summed E-state index contributed by atoms with van der Waals surface area (Å²) in [6.07, 6.45) is 0.430. The van der Waals surface area contributed by atoms with Crippen molar-refractivity contribution in [3.63, 3.8) is 0 Å².